The van der Waals surface area contributed by atoms with Crippen molar-refractivity contribution in [2.75, 3.05) is 18.8 Å². The maximum absolute atomic E-state index is 12.1. The summed E-state index contributed by atoms with van der Waals surface area (Å²) < 4.78 is 24.1. The Hall–Kier alpha value is -1.42. The van der Waals surface area contributed by atoms with E-state index in [1.165, 1.54) is 12.1 Å². The zero-order chi connectivity index (χ0) is 15.0. The van der Waals surface area contributed by atoms with Crippen LogP contribution in [0, 0.1) is 11.3 Å². The van der Waals surface area contributed by atoms with Gasteiger partial charge in [0, 0.05) is 13.1 Å². The highest BCUT2D eigenvalue weighted by atomic mass is 32.2. The fraction of sp³-hybridized carbons (Fsp3) is 0.500. The Bertz CT molecular complexity index is 564. The van der Waals surface area contributed by atoms with Crippen LogP contribution in [-0.4, -0.2) is 38.5 Å². The van der Waals surface area contributed by atoms with E-state index in [-0.39, 0.29) is 17.2 Å². The van der Waals surface area contributed by atoms with Crippen LogP contribution in [0.5, 0.6) is 0 Å². The molecular formula is C14H20N2O3S. The first kappa shape index (κ1) is 16.6. The first-order valence-corrected chi connectivity index (χ1v) is 8.26. The molecule has 0 spiro atoms. The minimum Gasteiger partial charge on any atom is -0.392 e. The Kier molecular flexibility index (Phi) is 6.65. The number of nitriles is 1. The standard InChI is InChI=1S/C14H20N2O3S/c1-2-4-13(17)11-16-7-8-20(18,19)14-6-3-5-12(9-14)10-15/h3,5-6,9,13,16-17H,2,4,7-8,11H2,1H3. The van der Waals surface area contributed by atoms with Crippen LogP contribution >= 0.6 is 0 Å². The molecule has 1 aromatic carbocycles. The normalized spacial score (nSPS) is 12.8. The van der Waals surface area contributed by atoms with E-state index >= 15 is 0 Å². The van der Waals surface area contributed by atoms with Crippen molar-refractivity contribution in [1.29, 1.82) is 5.26 Å². The van der Waals surface area contributed by atoms with Gasteiger partial charge in [-0.15, -0.1) is 0 Å². The summed E-state index contributed by atoms with van der Waals surface area (Å²) in [6.07, 6.45) is 1.15. The molecule has 0 saturated heterocycles. The van der Waals surface area contributed by atoms with Gasteiger partial charge in [0.1, 0.15) is 0 Å². The van der Waals surface area contributed by atoms with Gasteiger partial charge in [-0.05, 0) is 24.6 Å². The van der Waals surface area contributed by atoms with E-state index in [9.17, 15) is 13.5 Å². The molecule has 2 N–H and O–H groups in total. The molecule has 0 heterocycles. The SMILES string of the molecule is CCCC(O)CNCCS(=O)(=O)c1cccc(C#N)c1. The van der Waals surface area contributed by atoms with Crippen LogP contribution in [0.1, 0.15) is 25.3 Å². The average Bonchev–Trinajstić information content (AvgIpc) is 2.44. The number of nitrogens with one attached hydrogen (secondary N) is 1. The number of aliphatic hydroxyl groups excluding tert-OH is 1. The Balaban J connectivity index is 2.52. The second kappa shape index (κ2) is 8.00. The minimum atomic E-state index is -3.40. The van der Waals surface area contributed by atoms with Gasteiger partial charge < -0.3 is 10.4 Å². The molecule has 0 fully saturated rings. The molecule has 0 aromatic heterocycles. The number of aliphatic hydroxyl groups is 1. The summed E-state index contributed by atoms with van der Waals surface area (Å²) >= 11 is 0. The van der Waals surface area contributed by atoms with E-state index in [2.05, 4.69) is 5.32 Å². The fourth-order valence-corrected chi connectivity index (χ4v) is 3.03. The number of nitrogens with zero attached hydrogens (tertiary/aromatic N) is 1. The van der Waals surface area contributed by atoms with Crippen LogP contribution in [0.4, 0.5) is 0 Å². The van der Waals surface area contributed by atoms with Crippen molar-refractivity contribution in [3.05, 3.63) is 29.8 Å². The van der Waals surface area contributed by atoms with Crippen LogP contribution in [0.15, 0.2) is 29.2 Å². The summed E-state index contributed by atoms with van der Waals surface area (Å²) in [5.41, 5.74) is 0.331. The highest BCUT2D eigenvalue weighted by Gasteiger charge is 2.14. The van der Waals surface area contributed by atoms with Crippen LogP contribution in [0.25, 0.3) is 0 Å². The van der Waals surface area contributed by atoms with E-state index < -0.39 is 15.9 Å². The third kappa shape index (κ3) is 5.29. The predicted octanol–water partition coefficient (Wildman–Crippen LogP) is 1.08. The van der Waals surface area contributed by atoms with Gasteiger partial charge in [0.15, 0.2) is 9.84 Å². The molecule has 1 atom stereocenters. The summed E-state index contributed by atoms with van der Waals surface area (Å²) in [4.78, 5) is 0.160. The average molecular weight is 296 g/mol. The van der Waals surface area contributed by atoms with E-state index in [1.807, 2.05) is 13.0 Å². The van der Waals surface area contributed by atoms with Crippen LogP contribution < -0.4 is 5.32 Å². The van der Waals surface area contributed by atoms with E-state index in [1.54, 1.807) is 12.1 Å². The summed E-state index contributed by atoms with van der Waals surface area (Å²) in [6.45, 7) is 2.65. The fourth-order valence-electron chi connectivity index (χ4n) is 1.79. The highest BCUT2D eigenvalue weighted by Crippen LogP contribution is 2.12. The molecule has 0 radical (unpaired) electrons. The number of rotatable bonds is 8. The molecule has 0 amide bonds. The van der Waals surface area contributed by atoms with Crippen molar-refractivity contribution in [1.82, 2.24) is 5.32 Å². The first-order chi connectivity index (χ1) is 9.49. The number of hydrogen-bond donors (Lipinski definition) is 2. The Morgan fingerprint density at radius 3 is 2.85 bits per heavy atom. The molecule has 1 unspecified atom stereocenters. The molecule has 0 aliphatic heterocycles. The molecule has 0 aliphatic rings. The van der Waals surface area contributed by atoms with Crippen molar-refractivity contribution < 1.29 is 13.5 Å². The molecule has 1 rings (SSSR count). The van der Waals surface area contributed by atoms with Gasteiger partial charge >= 0.3 is 0 Å². The molecule has 0 saturated carbocycles. The summed E-state index contributed by atoms with van der Waals surface area (Å²) in [5.74, 6) is -0.0548. The summed E-state index contributed by atoms with van der Waals surface area (Å²) in [7, 11) is -3.40. The third-order valence-corrected chi connectivity index (χ3v) is 4.59. The van der Waals surface area contributed by atoms with Gasteiger partial charge in [0.2, 0.25) is 0 Å². The maximum atomic E-state index is 12.1. The van der Waals surface area contributed by atoms with E-state index in [0.29, 0.717) is 18.5 Å². The second-order valence-electron chi connectivity index (χ2n) is 4.61. The Morgan fingerprint density at radius 2 is 2.20 bits per heavy atom. The van der Waals surface area contributed by atoms with E-state index in [4.69, 9.17) is 5.26 Å². The quantitative estimate of drug-likeness (QED) is 0.701. The van der Waals surface area contributed by atoms with Crippen molar-refractivity contribution in [3.8, 4) is 6.07 Å². The van der Waals surface area contributed by atoms with Crippen LogP contribution in [-0.2, 0) is 9.84 Å². The molecule has 110 valence electrons. The summed E-state index contributed by atoms with van der Waals surface area (Å²) in [5, 5.41) is 21.2. The van der Waals surface area contributed by atoms with Crippen molar-refractivity contribution in [2.45, 2.75) is 30.8 Å². The molecule has 0 bridgehead atoms. The lowest BCUT2D eigenvalue weighted by atomic mass is 10.2. The number of hydrogen-bond acceptors (Lipinski definition) is 5. The van der Waals surface area contributed by atoms with Crippen LogP contribution in [0.2, 0.25) is 0 Å². The lowest BCUT2D eigenvalue weighted by Gasteiger charge is -2.10. The van der Waals surface area contributed by atoms with Gasteiger partial charge in [-0.1, -0.05) is 19.4 Å². The maximum Gasteiger partial charge on any atom is 0.179 e. The minimum absolute atomic E-state index is 0.0548. The van der Waals surface area contributed by atoms with Crippen LogP contribution in [0.3, 0.4) is 0 Å². The lowest BCUT2D eigenvalue weighted by Crippen LogP contribution is -2.30. The molecule has 0 aliphatic carbocycles. The lowest BCUT2D eigenvalue weighted by molar-refractivity contribution is 0.161. The van der Waals surface area contributed by atoms with Crippen molar-refractivity contribution in [3.63, 3.8) is 0 Å². The zero-order valence-corrected chi connectivity index (χ0v) is 12.4. The molecule has 20 heavy (non-hydrogen) atoms. The van der Waals surface area contributed by atoms with E-state index in [0.717, 1.165) is 6.42 Å². The predicted molar refractivity (Wildman–Crippen MR) is 77.0 cm³/mol. The molecule has 1 aromatic rings. The topological polar surface area (TPSA) is 90.2 Å². The molecule has 5 nitrogen and oxygen atoms in total. The van der Waals surface area contributed by atoms with Gasteiger partial charge in [0.25, 0.3) is 0 Å². The number of benzene rings is 1. The zero-order valence-electron chi connectivity index (χ0n) is 11.5. The molecular weight excluding hydrogens is 276 g/mol. The van der Waals surface area contributed by atoms with Gasteiger partial charge in [-0.25, -0.2) is 8.42 Å². The number of sulfone groups is 1. The first-order valence-electron chi connectivity index (χ1n) is 6.61. The van der Waals surface area contributed by atoms with Crippen molar-refractivity contribution >= 4 is 9.84 Å². The van der Waals surface area contributed by atoms with Gasteiger partial charge in [0.05, 0.1) is 28.4 Å². The largest absolute Gasteiger partial charge is 0.392 e. The van der Waals surface area contributed by atoms with Gasteiger partial charge in [-0.2, -0.15) is 5.26 Å². The van der Waals surface area contributed by atoms with Crippen molar-refractivity contribution in [2.24, 2.45) is 0 Å². The second-order valence-corrected chi connectivity index (χ2v) is 6.71. The molecule has 6 heteroatoms. The monoisotopic (exact) mass is 296 g/mol. The smallest absolute Gasteiger partial charge is 0.179 e. The summed E-state index contributed by atoms with van der Waals surface area (Å²) in [6, 6.07) is 7.91. The van der Waals surface area contributed by atoms with Gasteiger partial charge in [-0.3, -0.25) is 0 Å². The Labute approximate surface area is 120 Å². The highest BCUT2D eigenvalue weighted by molar-refractivity contribution is 7.91. The Morgan fingerprint density at radius 1 is 1.45 bits per heavy atom. The third-order valence-electron chi connectivity index (χ3n) is 2.87.